The van der Waals surface area contributed by atoms with Gasteiger partial charge in [0, 0.05) is 30.5 Å². The SMILES string of the molecule is CCNCc1cncc(-c2ccc3nc(Nc4cccc(N[C@H]5CC[C@H](O)CC5)n4)sc3c2)c1. The molecule has 176 valence electrons. The van der Waals surface area contributed by atoms with Crippen molar-refractivity contribution in [2.45, 2.75) is 51.3 Å². The van der Waals surface area contributed by atoms with E-state index in [9.17, 15) is 5.11 Å². The number of aliphatic hydroxyl groups is 1. The Morgan fingerprint density at radius 1 is 0.971 bits per heavy atom. The molecule has 0 spiro atoms. The van der Waals surface area contributed by atoms with Gasteiger partial charge in [-0.3, -0.25) is 4.98 Å². The monoisotopic (exact) mass is 474 g/mol. The molecule has 1 fully saturated rings. The minimum absolute atomic E-state index is 0.156. The van der Waals surface area contributed by atoms with Gasteiger partial charge in [0.1, 0.15) is 11.6 Å². The fraction of sp³-hybridized carbons (Fsp3) is 0.346. The number of aromatic nitrogens is 3. The first-order chi connectivity index (χ1) is 16.7. The van der Waals surface area contributed by atoms with Gasteiger partial charge in [-0.15, -0.1) is 0 Å². The average Bonchev–Trinajstić information content (AvgIpc) is 3.26. The molecule has 0 saturated heterocycles. The lowest BCUT2D eigenvalue weighted by atomic mass is 9.93. The van der Waals surface area contributed by atoms with Crippen LogP contribution >= 0.6 is 11.3 Å². The Labute approximate surface area is 203 Å². The molecule has 0 aliphatic heterocycles. The molecule has 1 aromatic carbocycles. The van der Waals surface area contributed by atoms with Crippen molar-refractivity contribution in [2.75, 3.05) is 17.2 Å². The van der Waals surface area contributed by atoms with Gasteiger partial charge in [-0.1, -0.05) is 30.4 Å². The van der Waals surface area contributed by atoms with Crippen LogP contribution in [0.3, 0.4) is 0 Å². The second-order valence-corrected chi connectivity index (χ2v) is 9.78. The fourth-order valence-electron chi connectivity index (χ4n) is 4.29. The summed E-state index contributed by atoms with van der Waals surface area (Å²) in [4.78, 5) is 13.9. The van der Waals surface area contributed by atoms with E-state index < -0.39 is 0 Å². The summed E-state index contributed by atoms with van der Waals surface area (Å²) in [5.41, 5.74) is 4.38. The van der Waals surface area contributed by atoms with E-state index in [1.165, 1.54) is 5.56 Å². The summed E-state index contributed by atoms with van der Waals surface area (Å²) >= 11 is 1.62. The molecule has 5 rings (SSSR count). The average molecular weight is 475 g/mol. The van der Waals surface area contributed by atoms with Crippen LogP contribution in [0.1, 0.15) is 38.2 Å². The second kappa shape index (κ2) is 10.5. The molecule has 3 aromatic heterocycles. The third-order valence-corrected chi connectivity index (χ3v) is 7.06. The van der Waals surface area contributed by atoms with E-state index in [1.807, 2.05) is 30.6 Å². The Morgan fingerprint density at radius 2 is 1.82 bits per heavy atom. The van der Waals surface area contributed by atoms with Gasteiger partial charge in [-0.25, -0.2) is 9.97 Å². The molecule has 8 heteroatoms. The lowest BCUT2D eigenvalue weighted by molar-refractivity contribution is 0.126. The van der Waals surface area contributed by atoms with Crippen LogP contribution < -0.4 is 16.0 Å². The van der Waals surface area contributed by atoms with Gasteiger partial charge < -0.3 is 21.1 Å². The maximum absolute atomic E-state index is 9.72. The third kappa shape index (κ3) is 5.52. The van der Waals surface area contributed by atoms with Gasteiger partial charge in [0.15, 0.2) is 5.13 Å². The lowest BCUT2D eigenvalue weighted by Crippen LogP contribution is -2.28. The quantitative estimate of drug-likeness (QED) is 0.274. The standard InChI is InChI=1S/C26H30N6OS/c1-2-27-14-17-12-19(16-28-15-17)18-6-11-22-23(13-18)34-26(30-22)32-25-5-3-4-24(31-25)29-20-7-9-21(33)10-8-20/h3-6,11-13,15-16,20-21,27,33H,2,7-10,14H2,1H3,(H2,29,30,31,32)/t20-,21-. The molecule has 1 aliphatic rings. The summed E-state index contributed by atoms with van der Waals surface area (Å²) in [6.45, 7) is 3.86. The number of pyridine rings is 2. The van der Waals surface area contributed by atoms with E-state index in [-0.39, 0.29) is 6.10 Å². The van der Waals surface area contributed by atoms with Crippen LogP contribution in [0.25, 0.3) is 21.3 Å². The summed E-state index contributed by atoms with van der Waals surface area (Å²) in [6.07, 6.45) is 7.29. The molecule has 1 aliphatic carbocycles. The summed E-state index contributed by atoms with van der Waals surface area (Å²) in [6, 6.07) is 14.8. The van der Waals surface area contributed by atoms with E-state index in [0.29, 0.717) is 6.04 Å². The highest BCUT2D eigenvalue weighted by Crippen LogP contribution is 2.32. The van der Waals surface area contributed by atoms with Gasteiger partial charge in [-0.2, -0.15) is 0 Å². The van der Waals surface area contributed by atoms with E-state index in [0.717, 1.165) is 76.9 Å². The molecule has 0 amide bonds. The van der Waals surface area contributed by atoms with Crippen LogP contribution in [0.5, 0.6) is 0 Å². The summed E-state index contributed by atoms with van der Waals surface area (Å²) in [5, 5.41) is 20.8. The number of nitrogens with zero attached hydrogens (tertiary/aromatic N) is 3. The first kappa shape index (κ1) is 22.7. The van der Waals surface area contributed by atoms with Crippen molar-refractivity contribution in [2.24, 2.45) is 0 Å². The number of fused-ring (bicyclic) bond motifs is 1. The Hall–Kier alpha value is -3.07. The number of aliphatic hydroxyl groups excluding tert-OH is 1. The highest BCUT2D eigenvalue weighted by Gasteiger charge is 2.19. The van der Waals surface area contributed by atoms with Crippen LogP contribution in [0, 0.1) is 0 Å². The number of hydrogen-bond donors (Lipinski definition) is 4. The molecule has 0 radical (unpaired) electrons. The van der Waals surface area contributed by atoms with Gasteiger partial charge >= 0.3 is 0 Å². The molecule has 34 heavy (non-hydrogen) atoms. The second-order valence-electron chi connectivity index (χ2n) is 8.75. The van der Waals surface area contributed by atoms with Crippen molar-refractivity contribution >= 4 is 38.3 Å². The van der Waals surface area contributed by atoms with Crippen molar-refractivity contribution in [1.82, 2.24) is 20.3 Å². The van der Waals surface area contributed by atoms with Crippen molar-refractivity contribution in [1.29, 1.82) is 0 Å². The molecule has 4 aromatic rings. The normalized spacial score (nSPS) is 18.2. The van der Waals surface area contributed by atoms with Crippen molar-refractivity contribution in [3.05, 3.63) is 60.4 Å². The zero-order chi connectivity index (χ0) is 23.3. The Bertz CT molecular complexity index is 1250. The predicted molar refractivity (Wildman–Crippen MR) is 140 cm³/mol. The predicted octanol–water partition coefficient (Wildman–Crippen LogP) is 5.32. The lowest BCUT2D eigenvalue weighted by Gasteiger charge is -2.26. The zero-order valence-electron chi connectivity index (χ0n) is 19.3. The number of anilines is 3. The summed E-state index contributed by atoms with van der Waals surface area (Å²) < 4.78 is 1.12. The van der Waals surface area contributed by atoms with E-state index >= 15 is 0 Å². The van der Waals surface area contributed by atoms with E-state index in [1.54, 1.807) is 11.3 Å². The smallest absolute Gasteiger partial charge is 0.189 e. The maximum atomic E-state index is 9.72. The summed E-state index contributed by atoms with van der Waals surface area (Å²) in [7, 11) is 0. The van der Waals surface area contributed by atoms with Gasteiger partial charge in [0.2, 0.25) is 0 Å². The van der Waals surface area contributed by atoms with E-state index in [2.05, 4.69) is 52.1 Å². The number of thiazole rings is 1. The van der Waals surface area contributed by atoms with Crippen molar-refractivity contribution in [3.8, 4) is 11.1 Å². The first-order valence-electron chi connectivity index (χ1n) is 11.9. The molecular weight excluding hydrogens is 444 g/mol. The molecule has 3 heterocycles. The highest BCUT2D eigenvalue weighted by atomic mass is 32.1. The highest BCUT2D eigenvalue weighted by molar-refractivity contribution is 7.22. The largest absolute Gasteiger partial charge is 0.393 e. The Morgan fingerprint density at radius 3 is 2.68 bits per heavy atom. The number of benzene rings is 1. The zero-order valence-corrected chi connectivity index (χ0v) is 20.1. The van der Waals surface area contributed by atoms with Crippen LogP contribution in [-0.2, 0) is 6.54 Å². The van der Waals surface area contributed by atoms with Crippen molar-refractivity contribution in [3.63, 3.8) is 0 Å². The van der Waals surface area contributed by atoms with Gasteiger partial charge in [-0.05, 0) is 73.7 Å². The minimum Gasteiger partial charge on any atom is -0.393 e. The van der Waals surface area contributed by atoms with Crippen LogP contribution in [0.15, 0.2) is 54.9 Å². The fourth-order valence-corrected chi connectivity index (χ4v) is 5.20. The van der Waals surface area contributed by atoms with Gasteiger partial charge in [0.05, 0.1) is 16.3 Å². The molecule has 0 unspecified atom stereocenters. The number of nitrogens with one attached hydrogen (secondary N) is 3. The van der Waals surface area contributed by atoms with Gasteiger partial charge in [0.25, 0.3) is 0 Å². The van der Waals surface area contributed by atoms with Crippen LogP contribution in [0.4, 0.5) is 16.8 Å². The Kier molecular flexibility index (Phi) is 6.99. The molecule has 4 N–H and O–H groups in total. The van der Waals surface area contributed by atoms with E-state index in [4.69, 9.17) is 9.97 Å². The molecule has 0 atom stereocenters. The maximum Gasteiger partial charge on any atom is 0.189 e. The van der Waals surface area contributed by atoms with Crippen molar-refractivity contribution < 1.29 is 5.11 Å². The molecule has 0 bridgehead atoms. The summed E-state index contributed by atoms with van der Waals surface area (Å²) in [5.74, 6) is 1.61. The van der Waals surface area contributed by atoms with Crippen LogP contribution in [0.2, 0.25) is 0 Å². The topological polar surface area (TPSA) is 95.0 Å². The number of rotatable bonds is 8. The molecule has 1 saturated carbocycles. The third-order valence-electron chi connectivity index (χ3n) is 6.13. The number of hydrogen-bond acceptors (Lipinski definition) is 8. The van der Waals surface area contributed by atoms with Crippen LogP contribution in [-0.4, -0.2) is 38.7 Å². The Balaban J connectivity index is 1.30. The molecular formula is C26H30N6OS. The minimum atomic E-state index is -0.156. The first-order valence-corrected chi connectivity index (χ1v) is 12.7. The molecule has 7 nitrogen and oxygen atoms in total.